The molecule has 2 heterocycles. The van der Waals surface area contributed by atoms with E-state index in [1.807, 2.05) is 4.90 Å². The van der Waals surface area contributed by atoms with Crippen molar-refractivity contribution < 1.29 is 13.9 Å². The molecule has 6 heteroatoms. The summed E-state index contributed by atoms with van der Waals surface area (Å²) in [5.41, 5.74) is 1.64. The third-order valence-electron chi connectivity index (χ3n) is 4.01. The van der Waals surface area contributed by atoms with Gasteiger partial charge in [-0.15, -0.1) is 0 Å². The first-order valence-electron chi connectivity index (χ1n) is 7.72. The van der Waals surface area contributed by atoms with E-state index < -0.39 is 0 Å². The summed E-state index contributed by atoms with van der Waals surface area (Å²) in [4.78, 5) is 14.4. The molecule has 1 aliphatic heterocycles. The molecule has 1 aliphatic rings. The molecule has 1 fully saturated rings. The molecule has 122 valence electrons. The van der Waals surface area contributed by atoms with Gasteiger partial charge in [-0.3, -0.25) is 9.48 Å². The topological polar surface area (TPSA) is 47.4 Å². The Morgan fingerprint density at radius 2 is 2.17 bits per heavy atom. The quantitative estimate of drug-likeness (QED) is 0.868. The molecule has 0 saturated carbocycles. The number of halogens is 1. The summed E-state index contributed by atoms with van der Waals surface area (Å²) in [7, 11) is 1.79. The van der Waals surface area contributed by atoms with Crippen LogP contribution in [-0.2, 0) is 18.2 Å². The lowest BCUT2D eigenvalue weighted by molar-refractivity contribution is 0.0737. The lowest BCUT2D eigenvalue weighted by atomic mass is 9.99. The van der Waals surface area contributed by atoms with Crippen molar-refractivity contribution in [3.05, 3.63) is 53.6 Å². The van der Waals surface area contributed by atoms with Crippen molar-refractivity contribution in [3.8, 4) is 0 Å². The molecule has 3 rings (SSSR count). The molecular weight excluding hydrogens is 297 g/mol. The normalized spacial score (nSPS) is 18.7. The Morgan fingerprint density at radius 1 is 1.39 bits per heavy atom. The summed E-state index contributed by atoms with van der Waals surface area (Å²) >= 11 is 0. The Balaban J connectivity index is 1.68. The number of nitrogens with zero attached hydrogens (tertiary/aromatic N) is 3. The van der Waals surface area contributed by atoms with Gasteiger partial charge in [-0.25, -0.2) is 4.39 Å². The van der Waals surface area contributed by atoms with Gasteiger partial charge >= 0.3 is 0 Å². The first kappa shape index (κ1) is 15.7. The predicted molar refractivity (Wildman–Crippen MR) is 83.5 cm³/mol. The number of ether oxygens (including phenoxy) is 1. The molecule has 1 aromatic heterocycles. The average molecular weight is 317 g/mol. The minimum Gasteiger partial charge on any atom is -0.379 e. The van der Waals surface area contributed by atoms with Crippen LogP contribution in [0.2, 0.25) is 0 Å². The third kappa shape index (κ3) is 3.96. The van der Waals surface area contributed by atoms with Crippen molar-refractivity contribution in [2.75, 3.05) is 26.3 Å². The fraction of sp³-hybridized carbons (Fsp3) is 0.412. The summed E-state index contributed by atoms with van der Waals surface area (Å²) in [6.45, 7) is 2.35. The smallest absolute Gasteiger partial charge is 0.257 e. The Hall–Kier alpha value is -2.21. The molecule has 5 nitrogen and oxygen atoms in total. The second-order valence-corrected chi connectivity index (χ2v) is 5.93. The standard InChI is InChI=1S/C17H20FN3O2/c1-20-11-15(9-19-20)17(22)21-6-7-23-12-14(10-21)8-13-2-4-16(18)5-3-13/h2-5,9,11,14H,6-8,10,12H2,1H3. The van der Waals surface area contributed by atoms with Gasteiger partial charge in [-0.05, 0) is 24.1 Å². The van der Waals surface area contributed by atoms with Gasteiger partial charge < -0.3 is 9.64 Å². The van der Waals surface area contributed by atoms with Crippen LogP contribution in [0.4, 0.5) is 4.39 Å². The Morgan fingerprint density at radius 3 is 2.87 bits per heavy atom. The van der Waals surface area contributed by atoms with Gasteiger partial charge in [0.05, 0.1) is 25.0 Å². The van der Waals surface area contributed by atoms with Crippen LogP contribution < -0.4 is 0 Å². The maximum Gasteiger partial charge on any atom is 0.257 e. The van der Waals surface area contributed by atoms with Crippen molar-refractivity contribution in [2.24, 2.45) is 13.0 Å². The highest BCUT2D eigenvalue weighted by Crippen LogP contribution is 2.16. The van der Waals surface area contributed by atoms with Gasteiger partial charge in [0.15, 0.2) is 0 Å². The van der Waals surface area contributed by atoms with Gasteiger partial charge in [-0.1, -0.05) is 12.1 Å². The van der Waals surface area contributed by atoms with Crippen molar-refractivity contribution in [1.29, 1.82) is 0 Å². The average Bonchev–Trinajstić information content (AvgIpc) is 2.84. The molecule has 0 aliphatic carbocycles. The minimum absolute atomic E-state index is 0.0206. The number of aromatic nitrogens is 2. The first-order chi connectivity index (χ1) is 11.1. The number of amides is 1. The van der Waals surface area contributed by atoms with Gasteiger partial charge in [0, 0.05) is 32.3 Å². The van der Waals surface area contributed by atoms with Gasteiger partial charge in [-0.2, -0.15) is 5.10 Å². The lowest BCUT2D eigenvalue weighted by Gasteiger charge is -2.23. The summed E-state index contributed by atoms with van der Waals surface area (Å²) in [5.74, 6) is -0.0597. The van der Waals surface area contributed by atoms with Crippen molar-refractivity contribution >= 4 is 5.91 Å². The zero-order valence-electron chi connectivity index (χ0n) is 13.1. The van der Waals surface area contributed by atoms with Crippen LogP contribution in [0.5, 0.6) is 0 Å². The fourth-order valence-corrected chi connectivity index (χ4v) is 2.86. The van der Waals surface area contributed by atoms with Crippen LogP contribution in [0.15, 0.2) is 36.7 Å². The van der Waals surface area contributed by atoms with Gasteiger partial charge in [0.25, 0.3) is 5.91 Å². The zero-order chi connectivity index (χ0) is 16.2. The highest BCUT2D eigenvalue weighted by Gasteiger charge is 2.24. The Bertz CT molecular complexity index is 669. The molecule has 2 aromatic rings. The van der Waals surface area contributed by atoms with Crippen LogP contribution >= 0.6 is 0 Å². The fourth-order valence-electron chi connectivity index (χ4n) is 2.86. The largest absolute Gasteiger partial charge is 0.379 e. The van der Waals surface area contributed by atoms with Crippen LogP contribution in [0, 0.1) is 11.7 Å². The number of hydrogen-bond acceptors (Lipinski definition) is 3. The summed E-state index contributed by atoms with van der Waals surface area (Å²) in [5, 5.41) is 4.05. The van der Waals surface area contributed by atoms with Crippen LogP contribution in [0.25, 0.3) is 0 Å². The van der Waals surface area contributed by atoms with Gasteiger partial charge in [0.2, 0.25) is 0 Å². The molecule has 1 aromatic carbocycles. The molecular formula is C17H20FN3O2. The highest BCUT2D eigenvalue weighted by molar-refractivity contribution is 5.93. The maximum atomic E-state index is 13.0. The van der Waals surface area contributed by atoms with E-state index in [9.17, 15) is 9.18 Å². The van der Waals surface area contributed by atoms with E-state index in [1.54, 1.807) is 36.3 Å². The molecule has 1 atom stereocenters. The van der Waals surface area contributed by atoms with Gasteiger partial charge in [0.1, 0.15) is 5.82 Å². The number of aryl methyl sites for hydroxylation is 1. The van der Waals surface area contributed by atoms with E-state index in [1.165, 1.54) is 12.1 Å². The zero-order valence-corrected chi connectivity index (χ0v) is 13.1. The highest BCUT2D eigenvalue weighted by atomic mass is 19.1. The van der Waals surface area contributed by atoms with Crippen LogP contribution in [-0.4, -0.2) is 46.9 Å². The van der Waals surface area contributed by atoms with Crippen molar-refractivity contribution in [3.63, 3.8) is 0 Å². The van der Waals surface area contributed by atoms with E-state index in [2.05, 4.69) is 5.10 Å². The molecule has 0 bridgehead atoms. The van der Waals surface area contributed by atoms with Crippen molar-refractivity contribution in [2.45, 2.75) is 6.42 Å². The first-order valence-corrected chi connectivity index (χ1v) is 7.72. The van der Waals surface area contributed by atoms with E-state index in [0.29, 0.717) is 31.9 Å². The number of carbonyl (C=O) groups excluding carboxylic acids is 1. The number of rotatable bonds is 3. The molecule has 0 spiro atoms. The Labute approximate surface area is 134 Å². The van der Waals surface area contributed by atoms with Crippen LogP contribution in [0.1, 0.15) is 15.9 Å². The second-order valence-electron chi connectivity index (χ2n) is 5.93. The number of hydrogen-bond donors (Lipinski definition) is 0. The molecule has 1 unspecified atom stereocenters. The lowest BCUT2D eigenvalue weighted by Crippen LogP contribution is -2.36. The van der Waals surface area contributed by atoms with E-state index in [-0.39, 0.29) is 17.6 Å². The Kier molecular flexibility index (Phi) is 4.71. The third-order valence-corrected chi connectivity index (χ3v) is 4.01. The monoisotopic (exact) mass is 317 g/mol. The summed E-state index contributed by atoms with van der Waals surface area (Å²) in [6.07, 6.45) is 4.07. The number of benzene rings is 1. The van der Waals surface area contributed by atoms with E-state index in [4.69, 9.17) is 4.74 Å². The molecule has 23 heavy (non-hydrogen) atoms. The van der Waals surface area contributed by atoms with E-state index in [0.717, 1.165) is 12.0 Å². The second kappa shape index (κ2) is 6.91. The SMILES string of the molecule is Cn1cc(C(=O)N2CCOCC(Cc3ccc(F)cc3)C2)cn1. The van der Waals surface area contributed by atoms with Crippen molar-refractivity contribution in [1.82, 2.24) is 14.7 Å². The predicted octanol–water partition coefficient (Wildman–Crippen LogP) is 1.89. The summed E-state index contributed by atoms with van der Waals surface area (Å²) < 4.78 is 20.3. The molecule has 1 saturated heterocycles. The molecule has 0 radical (unpaired) electrons. The molecule has 0 N–H and O–H groups in total. The maximum absolute atomic E-state index is 13.0. The molecule has 1 amide bonds. The van der Waals surface area contributed by atoms with Crippen LogP contribution in [0.3, 0.4) is 0 Å². The number of carbonyl (C=O) groups is 1. The van der Waals surface area contributed by atoms with E-state index >= 15 is 0 Å². The minimum atomic E-state index is -0.237. The summed E-state index contributed by atoms with van der Waals surface area (Å²) in [6, 6.07) is 6.50.